The molecule has 1 aromatic carbocycles. The molecule has 140 valence electrons. The average Bonchev–Trinajstić information content (AvgIpc) is 3.07. The van der Waals surface area contributed by atoms with Crippen molar-refractivity contribution < 1.29 is 19.1 Å². The minimum Gasteiger partial charge on any atom is -0.451 e. The van der Waals surface area contributed by atoms with Crippen LogP contribution in [0.1, 0.15) is 32.3 Å². The van der Waals surface area contributed by atoms with E-state index in [9.17, 15) is 14.4 Å². The van der Waals surface area contributed by atoms with Crippen LogP contribution in [0.15, 0.2) is 18.2 Å². The van der Waals surface area contributed by atoms with Crippen molar-refractivity contribution in [3.63, 3.8) is 0 Å². The Kier molecular flexibility index (Phi) is 5.21. The van der Waals surface area contributed by atoms with Crippen LogP contribution in [0.4, 0.5) is 5.69 Å². The van der Waals surface area contributed by atoms with Crippen LogP contribution in [-0.2, 0) is 19.1 Å². The molecule has 1 aromatic rings. The lowest BCUT2D eigenvalue weighted by atomic mass is 10.2. The van der Waals surface area contributed by atoms with Gasteiger partial charge in [0, 0.05) is 22.9 Å². The van der Waals surface area contributed by atoms with Crippen molar-refractivity contribution >= 4 is 46.8 Å². The van der Waals surface area contributed by atoms with Crippen molar-refractivity contribution in [1.29, 1.82) is 0 Å². The summed E-state index contributed by atoms with van der Waals surface area (Å²) in [7, 11) is 0. The number of aryl methyl sites for hydroxylation is 1. The number of fused-ring (bicyclic) bond motifs is 1. The molecule has 0 unspecified atom stereocenters. The van der Waals surface area contributed by atoms with Crippen molar-refractivity contribution in [3.05, 3.63) is 28.8 Å². The number of benzene rings is 1. The number of anilines is 1. The molecule has 3 atom stereocenters. The summed E-state index contributed by atoms with van der Waals surface area (Å²) >= 11 is 7.54. The first-order valence-corrected chi connectivity index (χ1v) is 9.81. The number of amides is 2. The van der Waals surface area contributed by atoms with Gasteiger partial charge in [0.2, 0.25) is 5.91 Å². The van der Waals surface area contributed by atoms with Gasteiger partial charge in [0.15, 0.2) is 6.10 Å². The molecule has 2 heterocycles. The monoisotopic (exact) mass is 396 g/mol. The lowest BCUT2D eigenvalue weighted by Gasteiger charge is -2.29. The standard InChI is InChI=1S/C18H21ClN2O4S/c1-10-4-5-12(19)8-13(10)20-16(23)11(2)25-17(24)14-9-26-18(3)7-6-15(22)21(14)18/h4-5,8,11,14H,6-7,9H2,1-3H3,(H,20,23)/t11-,14-,18-/m0/s1. The highest BCUT2D eigenvalue weighted by molar-refractivity contribution is 8.01. The highest BCUT2D eigenvalue weighted by Crippen LogP contribution is 2.47. The quantitative estimate of drug-likeness (QED) is 0.792. The highest BCUT2D eigenvalue weighted by atomic mass is 35.5. The number of nitrogens with zero attached hydrogens (tertiary/aromatic N) is 1. The van der Waals surface area contributed by atoms with Crippen molar-refractivity contribution in [1.82, 2.24) is 4.90 Å². The summed E-state index contributed by atoms with van der Waals surface area (Å²) in [5.41, 5.74) is 1.43. The van der Waals surface area contributed by atoms with E-state index in [1.165, 1.54) is 6.92 Å². The summed E-state index contributed by atoms with van der Waals surface area (Å²) in [5, 5.41) is 3.23. The Labute approximate surface area is 161 Å². The molecule has 3 rings (SSSR count). The van der Waals surface area contributed by atoms with Crippen molar-refractivity contribution in [2.45, 2.75) is 50.6 Å². The Bertz CT molecular complexity index is 772. The Hall–Kier alpha value is -1.73. The number of nitrogens with one attached hydrogen (secondary N) is 1. The molecule has 2 aliphatic rings. The van der Waals surface area contributed by atoms with Gasteiger partial charge in [0.1, 0.15) is 6.04 Å². The van der Waals surface area contributed by atoms with Gasteiger partial charge in [-0.25, -0.2) is 4.79 Å². The Morgan fingerprint density at radius 1 is 1.46 bits per heavy atom. The van der Waals surface area contributed by atoms with E-state index in [0.29, 0.717) is 22.9 Å². The maximum Gasteiger partial charge on any atom is 0.330 e. The number of carbonyl (C=O) groups is 3. The second kappa shape index (κ2) is 7.12. The number of rotatable bonds is 4. The largest absolute Gasteiger partial charge is 0.451 e. The van der Waals surface area contributed by atoms with E-state index >= 15 is 0 Å². The zero-order valence-corrected chi connectivity index (χ0v) is 16.4. The number of halogens is 1. The average molecular weight is 397 g/mol. The van der Waals surface area contributed by atoms with Crippen LogP contribution in [0.5, 0.6) is 0 Å². The molecule has 0 bridgehead atoms. The van der Waals surface area contributed by atoms with Gasteiger partial charge < -0.3 is 15.0 Å². The molecule has 0 spiro atoms. The number of esters is 1. The van der Waals surface area contributed by atoms with E-state index in [0.717, 1.165) is 12.0 Å². The molecule has 8 heteroatoms. The summed E-state index contributed by atoms with van der Waals surface area (Å²) < 4.78 is 5.35. The van der Waals surface area contributed by atoms with Crippen LogP contribution in [-0.4, -0.2) is 45.5 Å². The van der Waals surface area contributed by atoms with E-state index in [1.54, 1.807) is 34.9 Å². The van der Waals surface area contributed by atoms with Crippen LogP contribution in [0.25, 0.3) is 0 Å². The fourth-order valence-corrected chi connectivity index (χ4v) is 4.85. The van der Waals surface area contributed by atoms with Crippen molar-refractivity contribution in [2.75, 3.05) is 11.1 Å². The third-order valence-electron chi connectivity index (χ3n) is 4.84. The number of hydrogen-bond acceptors (Lipinski definition) is 5. The van der Waals surface area contributed by atoms with E-state index in [2.05, 4.69) is 5.32 Å². The van der Waals surface area contributed by atoms with Crippen molar-refractivity contribution in [3.8, 4) is 0 Å². The second-order valence-corrected chi connectivity index (χ2v) is 8.73. The maximum atomic E-state index is 12.5. The lowest BCUT2D eigenvalue weighted by Crippen LogP contribution is -2.48. The van der Waals surface area contributed by atoms with Gasteiger partial charge in [-0.05, 0) is 44.9 Å². The summed E-state index contributed by atoms with van der Waals surface area (Å²) in [4.78, 5) is 38.3. The van der Waals surface area contributed by atoms with E-state index in [1.807, 2.05) is 13.8 Å². The van der Waals surface area contributed by atoms with Crippen LogP contribution < -0.4 is 5.32 Å². The lowest BCUT2D eigenvalue weighted by molar-refractivity contribution is -0.160. The predicted octanol–water partition coefficient (Wildman–Crippen LogP) is 2.97. The minimum absolute atomic E-state index is 0.0360. The molecule has 0 aliphatic carbocycles. The van der Waals surface area contributed by atoms with Gasteiger partial charge in [-0.2, -0.15) is 0 Å². The fourth-order valence-electron chi connectivity index (χ4n) is 3.26. The van der Waals surface area contributed by atoms with Crippen LogP contribution >= 0.6 is 23.4 Å². The molecule has 1 N–H and O–H groups in total. The molecule has 2 amide bonds. The first-order chi connectivity index (χ1) is 12.2. The van der Waals surface area contributed by atoms with E-state index in [4.69, 9.17) is 16.3 Å². The molecule has 0 aromatic heterocycles. The molecule has 2 fully saturated rings. The fraction of sp³-hybridized carbons (Fsp3) is 0.500. The first-order valence-electron chi connectivity index (χ1n) is 8.45. The summed E-state index contributed by atoms with van der Waals surface area (Å²) in [6.07, 6.45) is 0.192. The summed E-state index contributed by atoms with van der Waals surface area (Å²) in [6, 6.07) is 4.54. The Morgan fingerprint density at radius 2 is 2.19 bits per heavy atom. The number of thioether (sulfide) groups is 1. The predicted molar refractivity (Wildman–Crippen MR) is 101 cm³/mol. The molecule has 2 saturated heterocycles. The molecule has 26 heavy (non-hydrogen) atoms. The van der Waals surface area contributed by atoms with Crippen molar-refractivity contribution in [2.24, 2.45) is 0 Å². The Balaban J connectivity index is 1.63. The van der Waals surface area contributed by atoms with Crippen LogP contribution in [0.3, 0.4) is 0 Å². The summed E-state index contributed by atoms with van der Waals surface area (Å²) in [5.74, 6) is -0.527. The van der Waals surface area contributed by atoms with Gasteiger partial charge in [-0.15, -0.1) is 11.8 Å². The van der Waals surface area contributed by atoms with E-state index in [-0.39, 0.29) is 10.8 Å². The molecular formula is C18H21ClN2O4S. The summed E-state index contributed by atoms with van der Waals surface area (Å²) in [6.45, 7) is 5.33. The zero-order valence-electron chi connectivity index (χ0n) is 14.9. The SMILES string of the molecule is Cc1ccc(Cl)cc1NC(=O)[C@H](C)OC(=O)[C@@H]1CS[C@@]2(C)CCC(=O)N12. The van der Waals surface area contributed by atoms with Gasteiger partial charge in [0.25, 0.3) is 5.91 Å². The van der Waals surface area contributed by atoms with Crippen LogP contribution in [0.2, 0.25) is 5.02 Å². The van der Waals surface area contributed by atoms with Gasteiger partial charge in [0.05, 0.1) is 4.87 Å². The smallest absolute Gasteiger partial charge is 0.330 e. The molecule has 0 saturated carbocycles. The van der Waals surface area contributed by atoms with Gasteiger partial charge >= 0.3 is 5.97 Å². The normalized spacial score (nSPS) is 25.8. The van der Waals surface area contributed by atoms with Gasteiger partial charge in [-0.3, -0.25) is 9.59 Å². The van der Waals surface area contributed by atoms with Crippen LogP contribution in [0, 0.1) is 6.92 Å². The first kappa shape index (κ1) is 19.0. The maximum absolute atomic E-state index is 12.5. The third kappa shape index (κ3) is 3.55. The number of ether oxygens (including phenoxy) is 1. The zero-order chi connectivity index (χ0) is 19.1. The molecular weight excluding hydrogens is 376 g/mol. The minimum atomic E-state index is -0.976. The number of carbonyl (C=O) groups excluding carboxylic acids is 3. The molecule has 6 nitrogen and oxygen atoms in total. The van der Waals surface area contributed by atoms with E-state index < -0.39 is 24.0 Å². The molecule has 2 aliphatic heterocycles. The molecule has 0 radical (unpaired) electrons. The Morgan fingerprint density at radius 3 is 2.92 bits per heavy atom. The number of hydrogen-bond donors (Lipinski definition) is 1. The highest BCUT2D eigenvalue weighted by Gasteiger charge is 2.53. The second-order valence-electron chi connectivity index (χ2n) is 6.79. The third-order valence-corrected chi connectivity index (χ3v) is 6.58. The van der Waals surface area contributed by atoms with Gasteiger partial charge in [-0.1, -0.05) is 17.7 Å². The topological polar surface area (TPSA) is 75.7 Å².